The highest BCUT2D eigenvalue weighted by Crippen LogP contribution is 2.10. The van der Waals surface area contributed by atoms with Crippen LogP contribution in [0.3, 0.4) is 0 Å². The van der Waals surface area contributed by atoms with Gasteiger partial charge in [0.15, 0.2) is 0 Å². The zero-order valence-corrected chi connectivity index (χ0v) is 10.4. The van der Waals surface area contributed by atoms with E-state index in [2.05, 4.69) is 20.9 Å². The predicted molar refractivity (Wildman–Crippen MR) is 69.4 cm³/mol. The van der Waals surface area contributed by atoms with Crippen molar-refractivity contribution in [3.8, 4) is 0 Å². The zero-order valence-electron chi connectivity index (χ0n) is 10.4. The summed E-state index contributed by atoms with van der Waals surface area (Å²) in [4.78, 5) is 16.8. The molecule has 0 aliphatic rings. The Hall–Kier alpha value is -1.98. The lowest BCUT2D eigenvalue weighted by molar-refractivity contribution is 0.218. The van der Waals surface area contributed by atoms with Crippen LogP contribution in [0.4, 0.5) is 16.3 Å². The molecule has 0 spiro atoms. The average molecular weight is 237 g/mol. The molecule has 0 saturated heterocycles. The highest BCUT2D eigenvalue weighted by molar-refractivity contribution is 5.73. The van der Waals surface area contributed by atoms with Crippen LogP contribution >= 0.6 is 0 Å². The number of nitrogens with zero attached hydrogens (tertiary/aromatic N) is 2. The van der Waals surface area contributed by atoms with E-state index in [9.17, 15) is 4.79 Å². The molecule has 0 bridgehead atoms. The summed E-state index contributed by atoms with van der Waals surface area (Å²) in [6, 6.07) is 3.71. The lowest BCUT2D eigenvalue weighted by Gasteiger charge is -2.12. The van der Waals surface area contributed by atoms with Crippen molar-refractivity contribution in [2.75, 3.05) is 44.9 Å². The van der Waals surface area contributed by atoms with Crippen molar-refractivity contribution in [3.63, 3.8) is 0 Å². The molecule has 0 aromatic carbocycles. The second kappa shape index (κ2) is 6.57. The quantitative estimate of drug-likeness (QED) is 0.663. The molecule has 1 rings (SSSR count). The molecule has 1 heterocycles. The molecule has 94 valence electrons. The summed E-state index contributed by atoms with van der Waals surface area (Å²) in [6.07, 6.45) is 1.73. The summed E-state index contributed by atoms with van der Waals surface area (Å²) in [7, 11) is 5.25. The van der Waals surface area contributed by atoms with Crippen molar-refractivity contribution in [3.05, 3.63) is 18.3 Å². The highest BCUT2D eigenvalue weighted by atomic mass is 16.2. The van der Waals surface area contributed by atoms with Gasteiger partial charge < -0.3 is 20.9 Å². The van der Waals surface area contributed by atoms with Crippen LogP contribution in [0.25, 0.3) is 0 Å². The first-order chi connectivity index (χ1) is 8.13. The van der Waals surface area contributed by atoms with Crippen LogP contribution in [0.15, 0.2) is 18.3 Å². The standard InChI is InChI=1S/C11H19N5O/c1-12-10-8-9(4-5-14-10)13-6-7-15-11(17)16(2)3/h4-5,8H,6-7H2,1-3H3,(H,15,17)(H2,12,13,14). The molecule has 0 atom stereocenters. The molecule has 0 radical (unpaired) electrons. The van der Waals surface area contributed by atoms with Gasteiger partial charge in [-0.25, -0.2) is 9.78 Å². The number of rotatable bonds is 5. The Bertz CT molecular complexity index is 367. The minimum absolute atomic E-state index is 0.0857. The van der Waals surface area contributed by atoms with Crippen LogP contribution < -0.4 is 16.0 Å². The smallest absolute Gasteiger partial charge is 0.316 e. The summed E-state index contributed by atoms with van der Waals surface area (Å²) in [6.45, 7) is 1.25. The molecule has 1 aromatic heterocycles. The van der Waals surface area contributed by atoms with Gasteiger partial charge in [-0.05, 0) is 6.07 Å². The zero-order chi connectivity index (χ0) is 12.7. The largest absolute Gasteiger partial charge is 0.383 e. The molecule has 0 aliphatic carbocycles. The maximum absolute atomic E-state index is 11.2. The first-order valence-corrected chi connectivity index (χ1v) is 5.46. The van der Waals surface area contributed by atoms with E-state index in [1.165, 1.54) is 4.90 Å². The van der Waals surface area contributed by atoms with Crippen LogP contribution in [0.2, 0.25) is 0 Å². The van der Waals surface area contributed by atoms with Gasteiger partial charge in [0.25, 0.3) is 0 Å². The average Bonchev–Trinajstić information content (AvgIpc) is 2.34. The van der Waals surface area contributed by atoms with E-state index in [0.29, 0.717) is 13.1 Å². The maximum Gasteiger partial charge on any atom is 0.316 e. The van der Waals surface area contributed by atoms with E-state index in [1.807, 2.05) is 19.2 Å². The highest BCUT2D eigenvalue weighted by Gasteiger charge is 2.00. The second-order valence-electron chi connectivity index (χ2n) is 3.73. The Kier molecular flexibility index (Phi) is 5.06. The van der Waals surface area contributed by atoms with Gasteiger partial charge in [0.05, 0.1) is 0 Å². The summed E-state index contributed by atoms with van der Waals surface area (Å²) in [5, 5.41) is 8.94. The van der Waals surface area contributed by atoms with Crippen LogP contribution in [0.5, 0.6) is 0 Å². The molecule has 0 unspecified atom stereocenters. The molecule has 17 heavy (non-hydrogen) atoms. The third-order valence-electron chi connectivity index (χ3n) is 2.15. The van der Waals surface area contributed by atoms with Gasteiger partial charge in [-0.3, -0.25) is 0 Å². The summed E-state index contributed by atoms with van der Waals surface area (Å²) < 4.78 is 0. The van der Waals surface area contributed by atoms with E-state index in [0.717, 1.165) is 11.5 Å². The van der Waals surface area contributed by atoms with E-state index >= 15 is 0 Å². The van der Waals surface area contributed by atoms with Crippen LogP contribution in [-0.2, 0) is 0 Å². The number of carbonyl (C=O) groups is 1. The summed E-state index contributed by atoms with van der Waals surface area (Å²) in [5.41, 5.74) is 0.975. The Morgan fingerprint density at radius 3 is 2.82 bits per heavy atom. The van der Waals surface area contributed by atoms with Gasteiger partial charge in [0.2, 0.25) is 0 Å². The SMILES string of the molecule is CNc1cc(NCCNC(=O)N(C)C)ccn1. The third kappa shape index (κ3) is 4.58. The molecule has 3 N–H and O–H groups in total. The van der Waals surface area contributed by atoms with Crippen molar-refractivity contribution in [1.29, 1.82) is 0 Å². The molecule has 1 aromatic rings. The number of carbonyl (C=O) groups excluding carboxylic acids is 1. The first-order valence-electron chi connectivity index (χ1n) is 5.46. The fraction of sp³-hybridized carbons (Fsp3) is 0.455. The van der Waals surface area contributed by atoms with Crippen molar-refractivity contribution in [2.24, 2.45) is 0 Å². The van der Waals surface area contributed by atoms with Crippen LogP contribution in [-0.4, -0.2) is 50.1 Å². The number of aromatic nitrogens is 1. The maximum atomic E-state index is 11.2. The van der Waals surface area contributed by atoms with Gasteiger partial charge >= 0.3 is 6.03 Å². The Balaban J connectivity index is 2.28. The Morgan fingerprint density at radius 2 is 2.18 bits per heavy atom. The molecular weight excluding hydrogens is 218 g/mol. The molecule has 6 heteroatoms. The van der Waals surface area contributed by atoms with Crippen LogP contribution in [0, 0.1) is 0 Å². The van der Waals surface area contributed by atoms with Gasteiger partial charge in [-0.2, -0.15) is 0 Å². The minimum atomic E-state index is -0.0857. The first kappa shape index (κ1) is 13.1. The van der Waals surface area contributed by atoms with Crippen molar-refractivity contribution in [2.45, 2.75) is 0 Å². The van der Waals surface area contributed by atoms with Crippen molar-refractivity contribution >= 4 is 17.5 Å². The number of pyridine rings is 1. The monoisotopic (exact) mass is 237 g/mol. The summed E-state index contributed by atoms with van der Waals surface area (Å²) >= 11 is 0. The van der Waals surface area contributed by atoms with Gasteiger partial charge in [0, 0.05) is 52.2 Å². The Morgan fingerprint density at radius 1 is 1.41 bits per heavy atom. The van der Waals surface area contributed by atoms with Crippen molar-refractivity contribution in [1.82, 2.24) is 15.2 Å². The second-order valence-corrected chi connectivity index (χ2v) is 3.73. The fourth-order valence-corrected chi connectivity index (χ4v) is 1.21. The summed E-state index contributed by atoms with van der Waals surface area (Å²) in [5.74, 6) is 0.812. The number of hydrogen-bond donors (Lipinski definition) is 3. The molecule has 6 nitrogen and oxygen atoms in total. The van der Waals surface area contributed by atoms with E-state index in [1.54, 1.807) is 20.3 Å². The van der Waals surface area contributed by atoms with Gasteiger partial charge in [-0.15, -0.1) is 0 Å². The number of urea groups is 1. The van der Waals surface area contributed by atoms with E-state index in [4.69, 9.17) is 0 Å². The van der Waals surface area contributed by atoms with E-state index < -0.39 is 0 Å². The normalized spacial score (nSPS) is 9.59. The topological polar surface area (TPSA) is 69.3 Å². The predicted octanol–water partition coefficient (Wildman–Crippen LogP) is 0.806. The van der Waals surface area contributed by atoms with Gasteiger partial charge in [-0.1, -0.05) is 0 Å². The molecular formula is C11H19N5O. The molecule has 2 amide bonds. The molecule has 0 aliphatic heterocycles. The van der Waals surface area contributed by atoms with Gasteiger partial charge in [0.1, 0.15) is 5.82 Å². The fourth-order valence-electron chi connectivity index (χ4n) is 1.21. The number of hydrogen-bond acceptors (Lipinski definition) is 4. The number of amides is 2. The number of anilines is 2. The minimum Gasteiger partial charge on any atom is -0.383 e. The lowest BCUT2D eigenvalue weighted by Crippen LogP contribution is -2.37. The Labute approximate surface area is 101 Å². The lowest BCUT2D eigenvalue weighted by atomic mass is 10.4. The molecule has 0 saturated carbocycles. The third-order valence-corrected chi connectivity index (χ3v) is 2.15. The van der Waals surface area contributed by atoms with E-state index in [-0.39, 0.29) is 6.03 Å². The van der Waals surface area contributed by atoms with Crippen LogP contribution in [0.1, 0.15) is 0 Å². The van der Waals surface area contributed by atoms with Crippen molar-refractivity contribution < 1.29 is 4.79 Å². The molecule has 0 fully saturated rings. The number of nitrogens with one attached hydrogen (secondary N) is 3.